The number of pyridine rings is 1. The van der Waals surface area contributed by atoms with Gasteiger partial charge in [-0.15, -0.1) is 0 Å². The Hall–Kier alpha value is -2.40. The molecule has 0 atom stereocenters. The summed E-state index contributed by atoms with van der Waals surface area (Å²) in [6.45, 7) is 13.4. The van der Waals surface area contributed by atoms with Crippen molar-refractivity contribution in [2.45, 2.75) is 0 Å². The number of hydrogen-bond donors (Lipinski definition) is 0. The average molecular weight is 212 g/mol. The fourth-order valence-electron chi connectivity index (χ4n) is 0.497. The van der Waals surface area contributed by atoms with E-state index < -0.39 is 0 Å². The van der Waals surface area contributed by atoms with Gasteiger partial charge in [-0.05, 0) is 18.2 Å². The molecule has 0 unspecified atom stereocenters. The monoisotopic (exact) mass is 212 g/mol. The van der Waals surface area contributed by atoms with Gasteiger partial charge in [0.15, 0.2) is 0 Å². The van der Waals surface area contributed by atoms with Crippen molar-refractivity contribution in [3.8, 4) is 6.07 Å². The SMILES string of the molecule is C=CC#N.C=CC=C.C=Cc1ccccn1. The molecule has 1 rings (SSSR count). The van der Waals surface area contributed by atoms with Crippen LogP contribution in [0.5, 0.6) is 0 Å². The summed E-state index contributed by atoms with van der Waals surface area (Å²) < 4.78 is 0. The Morgan fingerprint density at radius 1 is 1.12 bits per heavy atom. The smallest absolute Gasteiger partial charge is 0.0905 e. The van der Waals surface area contributed by atoms with Crippen LogP contribution in [0, 0.1) is 11.3 Å². The van der Waals surface area contributed by atoms with E-state index in [0.717, 1.165) is 5.69 Å². The first kappa shape index (κ1) is 16.0. The lowest BCUT2D eigenvalue weighted by molar-refractivity contribution is 1.30. The van der Waals surface area contributed by atoms with Gasteiger partial charge in [0, 0.05) is 12.3 Å². The Bertz CT molecular complexity index is 339. The third kappa shape index (κ3) is 14.1. The molecule has 2 nitrogen and oxygen atoms in total. The molecule has 0 bridgehead atoms. The van der Waals surface area contributed by atoms with Gasteiger partial charge in [0.2, 0.25) is 0 Å². The van der Waals surface area contributed by atoms with Crippen LogP contribution in [0.2, 0.25) is 0 Å². The van der Waals surface area contributed by atoms with Crippen molar-refractivity contribution in [2.24, 2.45) is 0 Å². The van der Waals surface area contributed by atoms with Crippen LogP contribution in [0.4, 0.5) is 0 Å². The molecule has 0 aliphatic carbocycles. The zero-order valence-corrected chi connectivity index (χ0v) is 9.34. The highest BCUT2D eigenvalue weighted by Gasteiger charge is 1.77. The summed E-state index contributed by atoms with van der Waals surface area (Å²) >= 11 is 0. The molecule has 0 spiro atoms. The first-order valence-corrected chi connectivity index (χ1v) is 4.54. The van der Waals surface area contributed by atoms with E-state index >= 15 is 0 Å². The van der Waals surface area contributed by atoms with Crippen LogP contribution in [0.15, 0.2) is 68.9 Å². The number of aromatic nitrogens is 1. The first-order chi connectivity index (χ1) is 7.76. The molecular weight excluding hydrogens is 196 g/mol. The van der Waals surface area contributed by atoms with E-state index in [1.807, 2.05) is 18.2 Å². The number of hydrogen-bond acceptors (Lipinski definition) is 2. The van der Waals surface area contributed by atoms with Crippen LogP contribution in [-0.4, -0.2) is 4.98 Å². The maximum absolute atomic E-state index is 7.51. The van der Waals surface area contributed by atoms with E-state index in [0.29, 0.717) is 0 Å². The second-order valence-electron chi connectivity index (χ2n) is 2.26. The van der Waals surface area contributed by atoms with Gasteiger partial charge in [0.25, 0.3) is 0 Å². The molecule has 0 saturated carbocycles. The topological polar surface area (TPSA) is 36.7 Å². The lowest BCUT2D eigenvalue weighted by Gasteiger charge is -1.84. The predicted molar refractivity (Wildman–Crippen MR) is 70.5 cm³/mol. The van der Waals surface area contributed by atoms with Gasteiger partial charge < -0.3 is 0 Å². The van der Waals surface area contributed by atoms with Gasteiger partial charge in [-0.3, -0.25) is 4.98 Å². The molecule has 0 aliphatic rings. The van der Waals surface area contributed by atoms with Crippen LogP contribution in [0.3, 0.4) is 0 Å². The molecule has 0 N–H and O–H groups in total. The Balaban J connectivity index is 0. The second kappa shape index (κ2) is 15.1. The summed E-state index contributed by atoms with van der Waals surface area (Å²) in [6.07, 6.45) is 7.93. The van der Waals surface area contributed by atoms with Gasteiger partial charge in [-0.25, -0.2) is 0 Å². The first-order valence-electron chi connectivity index (χ1n) is 4.54. The quantitative estimate of drug-likeness (QED) is 0.552. The van der Waals surface area contributed by atoms with Crippen molar-refractivity contribution in [3.05, 3.63) is 74.6 Å². The summed E-state index contributed by atoms with van der Waals surface area (Å²) in [5.41, 5.74) is 0.924. The number of nitriles is 1. The highest BCUT2D eigenvalue weighted by atomic mass is 14.6. The lowest BCUT2D eigenvalue weighted by Crippen LogP contribution is -1.73. The van der Waals surface area contributed by atoms with Gasteiger partial charge in [0.05, 0.1) is 11.8 Å². The maximum atomic E-state index is 7.51. The van der Waals surface area contributed by atoms with Crippen LogP contribution < -0.4 is 0 Å². The minimum Gasteiger partial charge on any atom is -0.257 e. The highest BCUT2D eigenvalue weighted by molar-refractivity contribution is 5.40. The Kier molecular flexibility index (Phi) is 15.1. The molecule has 0 aromatic carbocycles. The number of rotatable bonds is 2. The molecule has 0 aliphatic heterocycles. The zero-order chi connectivity index (χ0) is 12.6. The van der Waals surface area contributed by atoms with Crippen molar-refractivity contribution in [1.29, 1.82) is 5.26 Å². The summed E-state index contributed by atoms with van der Waals surface area (Å²) in [6, 6.07) is 7.42. The third-order valence-electron chi connectivity index (χ3n) is 1.15. The highest BCUT2D eigenvalue weighted by Crippen LogP contribution is 1.91. The van der Waals surface area contributed by atoms with E-state index in [4.69, 9.17) is 5.26 Å². The molecule has 1 aromatic heterocycles. The lowest BCUT2D eigenvalue weighted by atomic mass is 10.4. The third-order valence-corrected chi connectivity index (χ3v) is 1.15. The van der Waals surface area contributed by atoms with E-state index in [9.17, 15) is 0 Å². The Morgan fingerprint density at radius 3 is 1.88 bits per heavy atom. The van der Waals surface area contributed by atoms with Crippen LogP contribution in [-0.2, 0) is 0 Å². The fourth-order valence-corrected chi connectivity index (χ4v) is 0.497. The molecule has 0 radical (unpaired) electrons. The minimum absolute atomic E-state index is 0.924. The van der Waals surface area contributed by atoms with Crippen molar-refractivity contribution in [1.82, 2.24) is 4.98 Å². The van der Waals surface area contributed by atoms with Crippen molar-refractivity contribution >= 4 is 6.08 Å². The molecule has 82 valence electrons. The molecule has 16 heavy (non-hydrogen) atoms. The molecular formula is C14H16N2. The van der Waals surface area contributed by atoms with E-state index in [1.165, 1.54) is 6.08 Å². The van der Waals surface area contributed by atoms with Crippen molar-refractivity contribution < 1.29 is 0 Å². The van der Waals surface area contributed by atoms with E-state index in [2.05, 4.69) is 31.3 Å². The normalized spacial score (nSPS) is 6.44. The van der Waals surface area contributed by atoms with Gasteiger partial charge in [-0.1, -0.05) is 44.5 Å². The van der Waals surface area contributed by atoms with Gasteiger partial charge in [-0.2, -0.15) is 5.26 Å². The standard InChI is InChI=1S/C7H7N.C4H6.C3H3N/c1-2-7-5-3-4-6-8-7;1-3-4-2;1-2-3-4/h2-6H,1H2;3-4H,1-2H2;2H,1H2. The Morgan fingerprint density at radius 2 is 1.69 bits per heavy atom. The second-order valence-corrected chi connectivity index (χ2v) is 2.26. The molecule has 2 heteroatoms. The number of allylic oxidation sites excluding steroid dienone is 3. The Labute approximate surface area is 97.6 Å². The molecule has 0 amide bonds. The summed E-state index contributed by atoms with van der Waals surface area (Å²) in [5.74, 6) is 0. The zero-order valence-electron chi connectivity index (χ0n) is 9.34. The molecule has 1 heterocycles. The average Bonchev–Trinajstić information content (AvgIpc) is 2.40. The van der Waals surface area contributed by atoms with E-state index in [-0.39, 0.29) is 0 Å². The summed E-state index contributed by atoms with van der Waals surface area (Å²) in [5, 5.41) is 7.51. The van der Waals surface area contributed by atoms with Crippen molar-refractivity contribution in [2.75, 3.05) is 0 Å². The van der Waals surface area contributed by atoms with Gasteiger partial charge in [0.1, 0.15) is 0 Å². The molecule has 0 saturated heterocycles. The summed E-state index contributed by atoms with van der Waals surface area (Å²) in [7, 11) is 0. The van der Waals surface area contributed by atoms with E-state index in [1.54, 1.807) is 30.5 Å². The predicted octanol–water partition coefficient (Wildman–Crippen LogP) is 3.78. The number of nitrogens with zero attached hydrogens (tertiary/aromatic N) is 2. The molecule has 1 aromatic rings. The summed E-state index contributed by atoms with van der Waals surface area (Å²) in [4.78, 5) is 3.98. The minimum atomic E-state index is 0.924. The fraction of sp³-hybridized carbons (Fsp3) is 0. The molecule has 0 fully saturated rings. The van der Waals surface area contributed by atoms with Crippen LogP contribution in [0.25, 0.3) is 6.08 Å². The van der Waals surface area contributed by atoms with Gasteiger partial charge >= 0.3 is 0 Å². The van der Waals surface area contributed by atoms with Crippen LogP contribution in [0.1, 0.15) is 5.69 Å². The van der Waals surface area contributed by atoms with Crippen LogP contribution >= 0.6 is 0 Å². The maximum Gasteiger partial charge on any atom is 0.0905 e. The van der Waals surface area contributed by atoms with Crippen molar-refractivity contribution in [3.63, 3.8) is 0 Å². The largest absolute Gasteiger partial charge is 0.257 e.